The number of carboxylic acids is 2. The SMILES string of the molecule is C=C(C)C(=O)O[C@@H]1C[C@H](C(=O)O)N(C(=O)OC(C)(C)C[N@+]2(C(=O)OC(C)(C)C)C[C@@H](OC(=O)C(=C)C)C[C@@H]2C(=O)O)C1. The minimum atomic E-state index is -1.57. The molecule has 2 N–H and O–H groups in total. The number of carbonyl (C=O) groups excluding carboxylic acids is 4. The van der Waals surface area contributed by atoms with Crippen molar-refractivity contribution < 1.29 is 62.4 Å². The molecule has 42 heavy (non-hydrogen) atoms. The number of hydrogen-bond acceptors (Lipinski definition) is 10. The Hall–Kier alpha value is -3.94. The normalized spacial score (nSPS) is 25.7. The van der Waals surface area contributed by atoms with Crippen molar-refractivity contribution in [2.24, 2.45) is 0 Å². The van der Waals surface area contributed by atoms with E-state index in [9.17, 15) is 39.0 Å². The molecule has 2 amide bonds. The molecule has 2 heterocycles. The first-order valence-corrected chi connectivity index (χ1v) is 13.4. The average molecular weight is 598 g/mol. The zero-order valence-electron chi connectivity index (χ0n) is 25.1. The highest BCUT2D eigenvalue weighted by molar-refractivity contribution is 5.88. The fourth-order valence-corrected chi connectivity index (χ4v) is 5.04. The maximum absolute atomic E-state index is 13.7. The van der Waals surface area contributed by atoms with Crippen molar-refractivity contribution in [1.29, 1.82) is 0 Å². The summed E-state index contributed by atoms with van der Waals surface area (Å²) in [5, 5.41) is 19.8. The van der Waals surface area contributed by atoms with Gasteiger partial charge in [0.1, 0.15) is 30.8 Å². The van der Waals surface area contributed by atoms with Crippen LogP contribution in [0.5, 0.6) is 0 Å². The number of aliphatic carboxylic acids is 2. The van der Waals surface area contributed by atoms with Gasteiger partial charge in [-0.3, -0.25) is 4.90 Å². The Balaban J connectivity index is 2.39. The van der Waals surface area contributed by atoms with Crippen LogP contribution in [0.3, 0.4) is 0 Å². The molecule has 2 fully saturated rings. The summed E-state index contributed by atoms with van der Waals surface area (Å²) in [5.74, 6) is -4.19. The molecule has 0 aromatic rings. The Morgan fingerprint density at radius 1 is 0.833 bits per heavy atom. The van der Waals surface area contributed by atoms with Crippen LogP contribution >= 0.6 is 0 Å². The van der Waals surface area contributed by atoms with E-state index in [4.69, 9.17) is 18.9 Å². The van der Waals surface area contributed by atoms with E-state index in [0.29, 0.717) is 0 Å². The van der Waals surface area contributed by atoms with Crippen LogP contribution in [0.4, 0.5) is 9.59 Å². The highest BCUT2D eigenvalue weighted by atomic mass is 16.6. The maximum atomic E-state index is 13.7. The number of esters is 2. The van der Waals surface area contributed by atoms with Gasteiger partial charge in [-0.1, -0.05) is 13.2 Å². The van der Waals surface area contributed by atoms with Crippen molar-refractivity contribution in [1.82, 2.24) is 4.90 Å². The van der Waals surface area contributed by atoms with E-state index in [1.165, 1.54) is 27.7 Å². The predicted octanol–water partition coefficient (Wildman–Crippen LogP) is 2.65. The second kappa shape index (κ2) is 12.5. The first kappa shape index (κ1) is 34.3. The first-order chi connectivity index (χ1) is 19.1. The van der Waals surface area contributed by atoms with Crippen LogP contribution in [0.1, 0.15) is 61.3 Å². The zero-order valence-corrected chi connectivity index (χ0v) is 25.1. The van der Waals surface area contributed by atoms with Gasteiger partial charge in [0.25, 0.3) is 0 Å². The van der Waals surface area contributed by atoms with Gasteiger partial charge in [-0.25, -0.2) is 28.5 Å². The third-order valence-corrected chi connectivity index (χ3v) is 6.71. The molecule has 0 aromatic heterocycles. The summed E-state index contributed by atoms with van der Waals surface area (Å²) in [6, 6.07) is -2.79. The third-order valence-electron chi connectivity index (χ3n) is 6.71. The van der Waals surface area contributed by atoms with Crippen LogP contribution in [0, 0.1) is 0 Å². The Kier molecular flexibility index (Phi) is 10.2. The van der Waals surface area contributed by atoms with Crippen LogP contribution in [0.2, 0.25) is 0 Å². The lowest BCUT2D eigenvalue weighted by molar-refractivity contribution is -0.869. The van der Waals surface area contributed by atoms with E-state index in [-0.39, 0.29) is 37.1 Å². The van der Waals surface area contributed by atoms with Crippen molar-refractivity contribution >= 4 is 36.1 Å². The lowest BCUT2D eigenvalue weighted by Gasteiger charge is -2.40. The molecule has 14 heteroatoms. The summed E-state index contributed by atoms with van der Waals surface area (Å²) in [6.45, 7) is 16.6. The Morgan fingerprint density at radius 3 is 1.81 bits per heavy atom. The van der Waals surface area contributed by atoms with E-state index < -0.39 is 82.6 Å². The third kappa shape index (κ3) is 8.30. The first-order valence-electron chi connectivity index (χ1n) is 13.4. The van der Waals surface area contributed by atoms with Crippen molar-refractivity contribution in [3.05, 3.63) is 24.3 Å². The Bertz CT molecular complexity index is 1170. The monoisotopic (exact) mass is 597 g/mol. The second-order valence-corrected chi connectivity index (χ2v) is 12.4. The minimum Gasteiger partial charge on any atom is -0.480 e. The molecule has 2 saturated heterocycles. The summed E-state index contributed by atoms with van der Waals surface area (Å²) in [4.78, 5) is 76.4. The van der Waals surface area contributed by atoms with E-state index in [0.717, 1.165) is 4.90 Å². The molecule has 0 saturated carbocycles. The smallest absolute Gasteiger partial charge is 0.480 e. The number of amides is 2. The highest BCUT2D eigenvalue weighted by Crippen LogP contribution is 2.36. The molecule has 0 aliphatic carbocycles. The fourth-order valence-electron chi connectivity index (χ4n) is 5.04. The van der Waals surface area contributed by atoms with Gasteiger partial charge in [0, 0.05) is 17.6 Å². The van der Waals surface area contributed by atoms with Crippen molar-refractivity contribution in [3.63, 3.8) is 0 Å². The molecule has 0 bridgehead atoms. The van der Waals surface area contributed by atoms with Crippen LogP contribution in [-0.2, 0) is 38.1 Å². The molecular formula is C28H41N2O12+. The van der Waals surface area contributed by atoms with Crippen molar-refractivity contribution in [3.8, 4) is 0 Å². The molecule has 0 unspecified atom stereocenters. The van der Waals surface area contributed by atoms with Crippen molar-refractivity contribution in [2.75, 3.05) is 19.6 Å². The van der Waals surface area contributed by atoms with E-state index >= 15 is 0 Å². The molecule has 2 aliphatic rings. The van der Waals surface area contributed by atoms with Crippen molar-refractivity contribution in [2.45, 2.75) is 96.8 Å². The Labute approximate surface area is 244 Å². The van der Waals surface area contributed by atoms with Crippen LogP contribution in [-0.4, -0.2) is 111 Å². The van der Waals surface area contributed by atoms with Gasteiger partial charge in [0.15, 0.2) is 11.7 Å². The quantitative estimate of drug-likeness (QED) is 0.172. The average Bonchev–Trinajstić information content (AvgIpc) is 3.39. The number of nitrogens with zero attached hydrogens (tertiary/aromatic N) is 2. The van der Waals surface area contributed by atoms with Gasteiger partial charge in [-0.15, -0.1) is 0 Å². The summed E-state index contributed by atoms with van der Waals surface area (Å²) in [6.07, 6.45) is -4.32. The molecule has 2 aliphatic heterocycles. The minimum absolute atomic E-state index is 0.0873. The van der Waals surface area contributed by atoms with Crippen LogP contribution in [0.15, 0.2) is 24.3 Å². The zero-order chi connectivity index (χ0) is 32.4. The number of likely N-dealkylation sites (tertiary alicyclic amines) is 2. The fraction of sp³-hybridized carbons (Fsp3) is 0.643. The Morgan fingerprint density at radius 2 is 1.36 bits per heavy atom. The topological polar surface area (TPSA) is 183 Å². The number of hydrogen-bond donors (Lipinski definition) is 2. The second-order valence-electron chi connectivity index (χ2n) is 12.4. The van der Waals surface area contributed by atoms with Gasteiger partial charge in [0.2, 0.25) is 6.04 Å². The number of rotatable bonds is 9. The van der Waals surface area contributed by atoms with Gasteiger partial charge in [-0.2, -0.15) is 4.79 Å². The molecule has 0 aromatic carbocycles. The molecule has 0 spiro atoms. The lowest BCUT2D eigenvalue weighted by Crippen LogP contribution is -2.65. The number of carboxylic acid groups (broad SMARTS) is 2. The molecule has 2 rings (SSSR count). The number of quaternary nitrogens is 1. The number of carbonyl (C=O) groups is 6. The van der Waals surface area contributed by atoms with Crippen LogP contribution < -0.4 is 0 Å². The summed E-state index contributed by atoms with van der Waals surface area (Å²) in [7, 11) is 0. The molecule has 234 valence electrons. The molecule has 14 nitrogen and oxygen atoms in total. The summed E-state index contributed by atoms with van der Waals surface area (Å²) < 4.78 is 21.1. The van der Waals surface area contributed by atoms with Gasteiger partial charge >= 0.3 is 36.1 Å². The van der Waals surface area contributed by atoms with Gasteiger partial charge in [-0.05, 0) is 48.5 Å². The lowest BCUT2D eigenvalue weighted by atomic mass is 10.1. The van der Waals surface area contributed by atoms with E-state index in [1.54, 1.807) is 20.8 Å². The van der Waals surface area contributed by atoms with E-state index in [1.807, 2.05) is 0 Å². The standard InChI is InChI=1S/C28H40N2O12/c1-15(2)23(35)39-17-10-19(21(31)32)29(12-17)25(37)41-28(8,9)14-30(26(38)42-27(5,6)7)13-18(11-20(30)22(33)34)40-24(36)16(3)4/h17-20H,1,3,10-14H2,2,4-9H3,(H-,31,32,33,34)/p+1/t17-,18+,19-,20-,30-/m1/s1. The summed E-state index contributed by atoms with van der Waals surface area (Å²) >= 11 is 0. The largest absolute Gasteiger partial charge is 0.517 e. The van der Waals surface area contributed by atoms with Gasteiger partial charge < -0.3 is 29.2 Å². The molecular weight excluding hydrogens is 556 g/mol. The molecule has 5 atom stereocenters. The van der Waals surface area contributed by atoms with E-state index in [2.05, 4.69) is 13.2 Å². The predicted molar refractivity (Wildman–Crippen MR) is 145 cm³/mol. The number of ether oxygens (including phenoxy) is 4. The summed E-state index contributed by atoms with van der Waals surface area (Å²) in [5.41, 5.74) is -2.39. The molecule has 0 radical (unpaired) electrons. The maximum Gasteiger partial charge on any atom is 0.517 e. The van der Waals surface area contributed by atoms with Gasteiger partial charge in [0.05, 0.1) is 13.0 Å². The highest BCUT2D eigenvalue weighted by Gasteiger charge is 2.61. The van der Waals surface area contributed by atoms with Crippen LogP contribution in [0.25, 0.3) is 0 Å².